The monoisotopic (exact) mass is 228 g/mol. The molecule has 0 rings (SSSR count). The van der Waals surface area contributed by atoms with E-state index < -0.39 is 11.9 Å². The molecular weight excluding hydrogens is 212 g/mol. The summed E-state index contributed by atoms with van der Waals surface area (Å²) in [5.74, 6) is -1.40. The van der Waals surface area contributed by atoms with Crippen LogP contribution >= 0.6 is 0 Å². The van der Waals surface area contributed by atoms with E-state index in [0.29, 0.717) is 0 Å². The molecule has 0 aromatic heterocycles. The van der Waals surface area contributed by atoms with Crippen LogP contribution < -0.4 is 0 Å². The molecule has 5 nitrogen and oxygen atoms in total. The van der Waals surface area contributed by atoms with Gasteiger partial charge in [-0.3, -0.25) is 0 Å². The summed E-state index contributed by atoms with van der Waals surface area (Å²) in [5.41, 5.74) is -0.183. The third-order valence-electron chi connectivity index (χ3n) is 1.64. The smallest absolute Gasteiger partial charge is 0.338 e. The fourth-order valence-electron chi connectivity index (χ4n) is 0.958. The lowest BCUT2D eigenvalue weighted by molar-refractivity contribution is -0.142. The molecule has 5 heteroatoms. The Morgan fingerprint density at radius 2 is 1.69 bits per heavy atom. The molecule has 0 bridgehead atoms. The van der Waals surface area contributed by atoms with Crippen molar-refractivity contribution >= 4 is 11.9 Å². The lowest BCUT2D eigenvalue weighted by Crippen LogP contribution is -2.16. The molecule has 0 spiro atoms. The Labute approximate surface area is 94.4 Å². The van der Waals surface area contributed by atoms with Crippen molar-refractivity contribution in [1.82, 2.24) is 0 Å². The van der Waals surface area contributed by atoms with Gasteiger partial charge in [0.05, 0.1) is 31.0 Å². The van der Waals surface area contributed by atoms with Gasteiger partial charge in [0.2, 0.25) is 0 Å². The number of aliphatic hydroxyl groups is 1. The number of carbonyl (C=O) groups is 2. The summed E-state index contributed by atoms with van der Waals surface area (Å²) < 4.78 is 9.41. The molecule has 16 heavy (non-hydrogen) atoms. The van der Waals surface area contributed by atoms with Crippen molar-refractivity contribution in [2.45, 2.75) is 13.8 Å². The zero-order chi connectivity index (χ0) is 12.6. The van der Waals surface area contributed by atoms with Crippen molar-refractivity contribution in [1.29, 1.82) is 0 Å². The fraction of sp³-hybridized carbons (Fsp3) is 0.455. The Kier molecular flexibility index (Phi) is 6.87. The molecule has 0 saturated heterocycles. The van der Waals surface area contributed by atoms with E-state index in [4.69, 9.17) is 14.6 Å². The summed E-state index contributed by atoms with van der Waals surface area (Å²) >= 11 is 0. The number of ether oxygens (including phenoxy) is 2. The van der Waals surface area contributed by atoms with Crippen LogP contribution in [0.4, 0.5) is 0 Å². The predicted octanol–water partition coefficient (Wildman–Crippen LogP) is 0.587. The van der Waals surface area contributed by atoms with Gasteiger partial charge in [-0.05, 0) is 19.9 Å². The Hall–Kier alpha value is -1.62. The van der Waals surface area contributed by atoms with Crippen LogP contribution in [0.15, 0.2) is 23.8 Å². The van der Waals surface area contributed by atoms with Crippen molar-refractivity contribution in [3.8, 4) is 0 Å². The number of hydrogen-bond acceptors (Lipinski definition) is 5. The molecule has 0 aromatic carbocycles. The van der Waals surface area contributed by atoms with Gasteiger partial charge < -0.3 is 14.6 Å². The lowest BCUT2D eigenvalue weighted by Gasteiger charge is -2.08. The van der Waals surface area contributed by atoms with Crippen LogP contribution in [-0.2, 0) is 19.1 Å². The summed E-state index contributed by atoms with van der Waals surface area (Å²) in [7, 11) is 0. The Balaban J connectivity index is 4.80. The van der Waals surface area contributed by atoms with E-state index in [0.717, 1.165) is 6.08 Å². The van der Waals surface area contributed by atoms with Gasteiger partial charge in [-0.15, -0.1) is 0 Å². The SMILES string of the molecule is C=C(C(=O)OCC)/C(=C\CO)C(=O)OCC. The van der Waals surface area contributed by atoms with Gasteiger partial charge in [-0.2, -0.15) is 0 Å². The van der Waals surface area contributed by atoms with E-state index in [1.165, 1.54) is 0 Å². The van der Waals surface area contributed by atoms with Gasteiger partial charge in [0, 0.05) is 0 Å². The molecule has 0 saturated carbocycles. The second-order valence-electron chi connectivity index (χ2n) is 2.72. The normalized spacial score (nSPS) is 10.8. The number of hydrogen-bond donors (Lipinski definition) is 1. The first kappa shape index (κ1) is 14.4. The highest BCUT2D eigenvalue weighted by Gasteiger charge is 2.20. The van der Waals surface area contributed by atoms with Gasteiger partial charge in [0.25, 0.3) is 0 Å². The standard InChI is InChI=1S/C11H16O5/c1-4-15-10(13)8(3)9(6-7-12)11(14)16-5-2/h6,12H,3-5,7H2,1-2H3/b9-6+. The minimum Gasteiger partial charge on any atom is -0.462 e. The van der Waals surface area contributed by atoms with E-state index in [2.05, 4.69) is 6.58 Å². The van der Waals surface area contributed by atoms with E-state index >= 15 is 0 Å². The summed E-state index contributed by atoms with van der Waals surface area (Å²) in [4.78, 5) is 22.7. The Morgan fingerprint density at radius 1 is 1.19 bits per heavy atom. The third kappa shape index (κ3) is 4.27. The first-order valence-electron chi connectivity index (χ1n) is 4.92. The van der Waals surface area contributed by atoms with Gasteiger partial charge >= 0.3 is 11.9 Å². The van der Waals surface area contributed by atoms with Crippen molar-refractivity contribution in [2.75, 3.05) is 19.8 Å². The van der Waals surface area contributed by atoms with E-state index in [-0.39, 0.29) is 31.0 Å². The van der Waals surface area contributed by atoms with Crippen LogP contribution in [0.5, 0.6) is 0 Å². The zero-order valence-electron chi connectivity index (χ0n) is 9.49. The average molecular weight is 228 g/mol. The summed E-state index contributed by atoms with van der Waals surface area (Å²) in [6.45, 7) is 6.71. The van der Waals surface area contributed by atoms with Crippen LogP contribution in [0.1, 0.15) is 13.8 Å². The lowest BCUT2D eigenvalue weighted by atomic mass is 10.1. The molecule has 0 atom stereocenters. The van der Waals surface area contributed by atoms with Crippen LogP contribution in [-0.4, -0.2) is 36.9 Å². The fourth-order valence-corrected chi connectivity index (χ4v) is 0.958. The molecule has 1 N–H and O–H groups in total. The quantitative estimate of drug-likeness (QED) is 0.409. The van der Waals surface area contributed by atoms with Gasteiger partial charge in [-0.1, -0.05) is 6.58 Å². The molecule has 0 aromatic rings. The maximum absolute atomic E-state index is 11.4. The zero-order valence-corrected chi connectivity index (χ0v) is 9.49. The summed E-state index contributed by atoms with van der Waals surface area (Å²) in [6.07, 6.45) is 1.16. The molecule has 90 valence electrons. The van der Waals surface area contributed by atoms with Gasteiger partial charge in [0.15, 0.2) is 0 Å². The highest BCUT2D eigenvalue weighted by molar-refractivity contribution is 6.06. The first-order valence-corrected chi connectivity index (χ1v) is 4.92. The van der Waals surface area contributed by atoms with Crippen LogP contribution in [0.3, 0.4) is 0 Å². The van der Waals surface area contributed by atoms with Gasteiger partial charge in [0.1, 0.15) is 0 Å². The van der Waals surface area contributed by atoms with Crippen LogP contribution in [0, 0.1) is 0 Å². The van der Waals surface area contributed by atoms with Crippen LogP contribution in [0.25, 0.3) is 0 Å². The van der Waals surface area contributed by atoms with E-state index in [9.17, 15) is 9.59 Å². The molecule has 0 aliphatic heterocycles. The second kappa shape index (κ2) is 7.64. The molecule has 0 aliphatic rings. The minimum absolute atomic E-state index is 0.0669. The number of carbonyl (C=O) groups excluding carboxylic acids is 2. The van der Waals surface area contributed by atoms with Crippen molar-refractivity contribution in [2.24, 2.45) is 0 Å². The number of esters is 2. The predicted molar refractivity (Wildman–Crippen MR) is 57.6 cm³/mol. The number of aliphatic hydroxyl groups excluding tert-OH is 1. The molecule has 0 amide bonds. The average Bonchev–Trinajstić information content (AvgIpc) is 2.25. The first-order chi connectivity index (χ1) is 7.58. The second-order valence-corrected chi connectivity index (χ2v) is 2.72. The van der Waals surface area contributed by atoms with E-state index in [1.807, 2.05) is 0 Å². The molecule has 0 fully saturated rings. The molecule has 0 unspecified atom stereocenters. The summed E-state index contributed by atoms with van der Waals surface area (Å²) in [6, 6.07) is 0. The summed E-state index contributed by atoms with van der Waals surface area (Å²) in [5, 5.41) is 8.74. The maximum atomic E-state index is 11.4. The highest BCUT2D eigenvalue weighted by atomic mass is 16.5. The van der Waals surface area contributed by atoms with Gasteiger partial charge in [-0.25, -0.2) is 9.59 Å². The maximum Gasteiger partial charge on any atom is 0.338 e. The van der Waals surface area contributed by atoms with Crippen molar-refractivity contribution in [3.63, 3.8) is 0 Å². The molecule has 0 aliphatic carbocycles. The molecular formula is C11H16O5. The Bertz CT molecular complexity index is 303. The Morgan fingerprint density at radius 3 is 2.12 bits per heavy atom. The number of rotatable bonds is 6. The highest BCUT2D eigenvalue weighted by Crippen LogP contribution is 2.11. The molecule has 0 radical (unpaired) electrons. The van der Waals surface area contributed by atoms with Crippen molar-refractivity contribution < 1.29 is 24.2 Å². The van der Waals surface area contributed by atoms with Crippen molar-refractivity contribution in [3.05, 3.63) is 23.8 Å². The third-order valence-corrected chi connectivity index (χ3v) is 1.64. The topological polar surface area (TPSA) is 72.8 Å². The largest absolute Gasteiger partial charge is 0.462 e. The van der Waals surface area contributed by atoms with Crippen LogP contribution in [0.2, 0.25) is 0 Å². The minimum atomic E-state index is -0.699. The molecule has 0 heterocycles. The van der Waals surface area contributed by atoms with E-state index in [1.54, 1.807) is 13.8 Å².